The summed E-state index contributed by atoms with van der Waals surface area (Å²) in [5.41, 5.74) is 3.36. The van der Waals surface area contributed by atoms with Crippen molar-refractivity contribution in [2.45, 2.75) is 6.92 Å². The molecule has 172 valence electrons. The molecule has 0 unspecified atom stereocenters. The second-order valence-electron chi connectivity index (χ2n) is 8.66. The fourth-order valence-corrected chi connectivity index (χ4v) is 4.56. The quantitative estimate of drug-likeness (QED) is 0.634. The Morgan fingerprint density at radius 2 is 1.03 bits per heavy atom. The number of piperazine rings is 2. The van der Waals surface area contributed by atoms with E-state index in [1.165, 1.54) is 0 Å². The maximum atomic E-state index is 9.54. The molecule has 33 heavy (non-hydrogen) atoms. The average Bonchev–Trinajstić information content (AvgIpc) is 2.86. The summed E-state index contributed by atoms with van der Waals surface area (Å²) in [6.07, 6.45) is 1.94. The fraction of sp³-hybridized carbons (Fsp3) is 0.360. The lowest BCUT2D eigenvalue weighted by Crippen LogP contribution is -2.48. The van der Waals surface area contributed by atoms with E-state index in [1.54, 1.807) is 24.3 Å². The van der Waals surface area contributed by atoms with Crippen molar-refractivity contribution in [3.63, 3.8) is 0 Å². The molecule has 0 radical (unpaired) electrons. The van der Waals surface area contributed by atoms with E-state index >= 15 is 0 Å². The zero-order chi connectivity index (χ0) is 22.8. The van der Waals surface area contributed by atoms with Crippen molar-refractivity contribution in [2.75, 3.05) is 72.0 Å². The zero-order valence-corrected chi connectivity index (χ0v) is 18.9. The number of aryl methyl sites for hydroxylation is 1. The summed E-state index contributed by atoms with van der Waals surface area (Å²) in [7, 11) is 0. The van der Waals surface area contributed by atoms with Crippen LogP contribution in [0.25, 0.3) is 0 Å². The van der Waals surface area contributed by atoms with E-state index in [-0.39, 0.29) is 0 Å². The lowest BCUT2D eigenvalue weighted by atomic mass is 10.2. The molecule has 2 aromatic carbocycles. The summed E-state index contributed by atoms with van der Waals surface area (Å²) in [4.78, 5) is 18.9. The third kappa shape index (κ3) is 4.60. The first kappa shape index (κ1) is 21.2. The molecule has 2 aliphatic rings. The van der Waals surface area contributed by atoms with Gasteiger partial charge >= 0.3 is 0 Å². The highest BCUT2D eigenvalue weighted by atomic mass is 16.3. The molecule has 1 aromatic heterocycles. The van der Waals surface area contributed by atoms with E-state index in [9.17, 15) is 10.2 Å². The van der Waals surface area contributed by atoms with Gasteiger partial charge in [-0.05, 0) is 55.5 Å². The van der Waals surface area contributed by atoms with E-state index in [4.69, 9.17) is 4.98 Å². The Morgan fingerprint density at radius 1 is 0.606 bits per heavy atom. The Morgan fingerprint density at radius 3 is 1.52 bits per heavy atom. The number of phenols is 2. The standard InChI is InChI=1S/C25H30N6O2/c1-19-18-26-25(31-16-12-29(13-17-31)21-4-8-23(33)9-5-21)27-24(19)30-14-10-28(11-15-30)20-2-6-22(32)7-3-20/h2-9,18,32-33H,10-17H2,1H3. The molecule has 0 saturated carbocycles. The molecule has 3 aromatic rings. The van der Waals surface area contributed by atoms with Crippen LogP contribution < -0.4 is 19.6 Å². The molecule has 0 atom stereocenters. The number of nitrogens with zero attached hydrogens (tertiary/aromatic N) is 6. The van der Waals surface area contributed by atoms with Gasteiger partial charge in [-0.15, -0.1) is 0 Å². The highest BCUT2D eigenvalue weighted by molar-refractivity contribution is 5.55. The van der Waals surface area contributed by atoms with Crippen molar-refractivity contribution in [1.29, 1.82) is 0 Å². The molecule has 0 bridgehead atoms. The minimum Gasteiger partial charge on any atom is -0.508 e. The molecular formula is C25H30N6O2. The highest BCUT2D eigenvalue weighted by Crippen LogP contribution is 2.26. The van der Waals surface area contributed by atoms with Crippen LogP contribution in [0.3, 0.4) is 0 Å². The van der Waals surface area contributed by atoms with Gasteiger partial charge in [0.1, 0.15) is 17.3 Å². The number of hydrogen-bond donors (Lipinski definition) is 2. The second kappa shape index (κ2) is 9.05. The lowest BCUT2D eigenvalue weighted by Gasteiger charge is -2.38. The average molecular weight is 447 g/mol. The number of anilines is 4. The number of hydrogen-bond acceptors (Lipinski definition) is 8. The first-order valence-electron chi connectivity index (χ1n) is 11.5. The van der Waals surface area contributed by atoms with E-state index in [1.807, 2.05) is 30.5 Å². The Hall–Kier alpha value is -3.68. The maximum absolute atomic E-state index is 9.54. The molecule has 2 fully saturated rings. The van der Waals surface area contributed by atoms with Crippen molar-refractivity contribution in [1.82, 2.24) is 9.97 Å². The van der Waals surface area contributed by atoms with Crippen molar-refractivity contribution < 1.29 is 10.2 Å². The highest BCUT2D eigenvalue weighted by Gasteiger charge is 2.23. The van der Waals surface area contributed by atoms with E-state index in [2.05, 4.69) is 31.5 Å². The van der Waals surface area contributed by atoms with Gasteiger partial charge in [-0.25, -0.2) is 4.98 Å². The molecule has 0 spiro atoms. The molecule has 0 aliphatic carbocycles. The minimum atomic E-state index is 0.293. The monoisotopic (exact) mass is 446 g/mol. The molecule has 0 amide bonds. The molecule has 2 N–H and O–H groups in total. The molecule has 5 rings (SSSR count). The Kier molecular flexibility index (Phi) is 5.81. The van der Waals surface area contributed by atoms with E-state index in [0.29, 0.717) is 11.5 Å². The Balaban J connectivity index is 1.23. The number of aromatic hydroxyl groups is 2. The Bertz CT molecular complexity index is 1070. The van der Waals surface area contributed by atoms with Gasteiger partial charge in [0.05, 0.1) is 0 Å². The number of rotatable bonds is 4. The van der Waals surface area contributed by atoms with Crippen molar-refractivity contribution in [2.24, 2.45) is 0 Å². The molecule has 2 saturated heterocycles. The minimum absolute atomic E-state index is 0.293. The Labute approximate surface area is 194 Å². The van der Waals surface area contributed by atoms with Crippen LogP contribution in [0.15, 0.2) is 54.7 Å². The second-order valence-corrected chi connectivity index (χ2v) is 8.66. The van der Waals surface area contributed by atoms with E-state index in [0.717, 1.165) is 81.1 Å². The predicted molar refractivity (Wildman–Crippen MR) is 132 cm³/mol. The number of phenolic OH excluding ortho intramolecular Hbond substituents is 2. The van der Waals surface area contributed by atoms with Crippen LogP contribution in [0, 0.1) is 6.92 Å². The molecular weight excluding hydrogens is 416 g/mol. The van der Waals surface area contributed by atoms with Crippen LogP contribution in [-0.4, -0.2) is 72.5 Å². The van der Waals surface area contributed by atoms with Crippen LogP contribution in [0.2, 0.25) is 0 Å². The van der Waals surface area contributed by atoms with Crippen LogP contribution in [0.1, 0.15) is 5.56 Å². The van der Waals surface area contributed by atoms with Crippen LogP contribution >= 0.6 is 0 Å². The first-order chi connectivity index (χ1) is 16.1. The normalized spacial score (nSPS) is 16.9. The fourth-order valence-electron chi connectivity index (χ4n) is 4.56. The summed E-state index contributed by atoms with van der Waals surface area (Å²) < 4.78 is 0. The van der Waals surface area contributed by atoms with Gasteiger partial charge in [0.25, 0.3) is 0 Å². The maximum Gasteiger partial charge on any atom is 0.227 e. The summed E-state index contributed by atoms with van der Waals surface area (Å²) >= 11 is 0. The summed E-state index contributed by atoms with van der Waals surface area (Å²) in [6.45, 7) is 9.19. The van der Waals surface area contributed by atoms with Gasteiger partial charge in [-0.1, -0.05) is 0 Å². The van der Waals surface area contributed by atoms with E-state index < -0.39 is 0 Å². The number of aromatic nitrogens is 2. The number of benzene rings is 2. The topological polar surface area (TPSA) is 79.2 Å². The first-order valence-corrected chi connectivity index (χ1v) is 11.5. The van der Waals surface area contributed by atoms with Crippen LogP contribution in [0.4, 0.5) is 23.1 Å². The van der Waals surface area contributed by atoms with Gasteiger partial charge in [0, 0.05) is 75.5 Å². The third-order valence-electron chi connectivity index (χ3n) is 6.50. The predicted octanol–water partition coefficient (Wildman–Crippen LogP) is 2.85. The lowest BCUT2D eigenvalue weighted by molar-refractivity contribution is 0.474. The molecule has 8 nitrogen and oxygen atoms in total. The van der Waals surface area contributed by atoms with Gasteiger partial charge < -0.3 is 29.8 Å². The summed E-state index contributed by atoms with van der Waals surface area (Å²) in [5.74, 6) is 2.40. The third-order valence-corrected chi connectivity index (χ3v) is 6.50. The van der Waals surface area contributed by atoms with Crippen molar-refractivity contribution in [3.8, 4) is 11.5 Å². The van der Waals surface area contributed by atoms with Crippen LogP contribution in [-0.2, 0) is 0 Å². The summed E-state index contributed by atoms with van der Waals surface area (Å²) in [5, 5.41) is 19.1. The molecule has 3 heterocycles. The van der Waals surface area contributed by atoms with Crippen LogP contribution in [0.5, 0.6) is 11.5 Å². The van der Waals surface area contributed by atoms with Crippen molar-refractivity contribution in [3.05, 3.63) is 60.3 Å². The molecule has 8 heteroatoms. The largest absolute Gasteiger partial charge is 0.508 e. The van der Waals surface area contributed by atoms with Crippen molar-refractivity contribution >= 4 is 23.1 Å². The zero-order valence-electron chi connectivity index (χ0n) is 18.9. The SMILES string of the molecule is Cc1cnc(N2CCN(c3ccc(O)cc3)CC2)nc1N1CCN(c2ccc(O)cc2)CC1. The van der Waals surface area contributed by atoms with Gasteiger partial charge in [0.2, 0.25) is 5.95 Å². The molecule has 2 aliphatic heterocycles. The van der Waals surface area contributed by atoms with Gasteiger partial charge in [-0.2, -0.15) is 4.98 Å². The smallest absolute Gasteiger partial charge is 0.227 e. The van der Waals surface area contributed by atoms with Gasteiger partial charge in [-0.3, -0.25) is 0 Å². The van der Waals surface area contributed by atoms with Gasteiger partial charge in [0.15, 0.2) is 0 Å². The summed E-state index contributed by atoms with van der Waals surface area (Å²) in [6, 6.07) is 14.8.